The zero-order valence-corrected chi connectivity index (χ0v) is 20.1. The summed E-state index contributed by atoms with van der Waals surface area (Å²) in [6, 6.07) is 13.9. The van der Waals surface area contributed by atoms with Gasteiger partial charge in [-0.2, -0.15) is 0 Å². The molecular formula is C28H27FN2O4. The van der Waals surface area contributed by atoms with E-state index in [9.17, 15) is 9.18 Å². The Kier molecular flexibility index (Phi) is 7.15. The summed E-state index contributed by atoms with van der Waals surface area (Å²) in [5.74, 6) is 1.06. The quantitative estimate of drug-likeness (QED) is 0.481. The van der Waals surface area contributed by atoms with E-state index in [0.717, 1.165) is 33.5 Å². The molecule has 0 radical (unpaired) electrons. The predicted octanol–water partition coefficient (Wildman–Crippen LogP) is 5.28. The van der Waals surface area contributed by atoms with Gasteiger partial charge in [-0.15, -0.1) is 0 Å². The van der Waals surface area contributed by atoms with Crippen LogP contribution < -0.4 is 19.5 Å². The molecule has 0 spiro atoms. The molecule has 1 amide bonds. The van der Waals surface area contributed by atoms with Gasteiger partial charge in [0.25, 0.3) is 0 Å². The van der Waals surface area contributed by atoms with E-state index < -0.39 is 0 Å². The highest BCUT2D eigenvalue weighted by Crippen LogP contribution is 2.45. The summed E-state index contributed by atoms with van der Waals surface area (Å²) in [6.45, 7) is 2.28. The number of fused-ring (bicyclic) bond motifs is 1. The molecule has 1 heterocycles. The van der Waals surface area contributed by atoms with E-state index in [1.165, 1.54) is 12.1 Å². The van der Waals surface area contributed by atoms with Crippen LogP contribution in [0.2, 0.25) is 0 Å². The number of ether oxygens (including phenoxy) is 3. The summed E-state index contributed by atoms with van der Waals surface area (Å²) in [5.41, 5.74) is 5.78. The van der Waals surface area contributed by atoms with E-state index in [2.05, 4.69) is 10.3 Å². The van der Waals surface area contributed by atoms with Crippen molar-refractivity contribution in [3.63, 3.8) is 0 Å². The lowest BCUT2D eigenvalue weighted by Gasteiger charge is -2.13. The van der Waals surface area contributed by atoms with Gasteiger partial charge in [-0.1, -0.05) is 12.1 Å². The molecule has 0 bridgehead atoms. The van der Waals surface area contributed by atoms with Crippen molar-refractivity contribution in [3.8, 4) is 17.2 Å². The molecule has 1 aliphatic carbocycles. The van der Waals surface area contributed by atoms with E-state index in [1.807, 2.05) is 43.3 Å². The highest BCUT2D eigenvalue weighted by atomic mass is 19.1. The van der Waals surface area contributed by atoms with Gasteiger partial charge in [-0.3, -0.25) is 9.78 Å². The van der Waals surface area contributed by atoms with Crippen LogP contribution in [-0.2, 0) is 11.3 Å². The number of nitrogens with one attached hydrogen (secondary N) is 1. The molecule has 35 heavy (non-hydrogen) atoms. The number of amides is 1. The maximum absolute atomic E-state index is 14.2. The van der Waals surface area contributed by atoms with Gasteiger partial charge in [0.1, 0.15) is 5.82 Å². The Labute approximate surface area is 204 Å². The molecule has 0 unspecified atom stereocenters. The van der Waals surface area contributed by atoms with Gasteiger partial charge in [0.2, 0.25) is 11.7 Å². The van der Waals surface area contributed by atoms with Crippen molar-refractivity contribution in [2.24, 2.45) is 0 Å². The van der Waals surface area contributed by atoms with Crippen molar-refractivity contribution >= 4 is 23.1 Å². The van der Waals surface area contributed by atoms with Crippen molar-refractivity contribution in [1.82, 2.24) is 10.3 Å². The third-order valence-electron chi connectivity index (χ3n) is 5.98. The maximum Gasteiger partial charge on any atom is 0.224 e. The summed E-state index contributed by atoms with van der Waals surface area (Å²) >= 11 is 0. The van der Waals surface area contributed by atoms with E-state index in [4.69, 9.17) is 14.2 Å². The maximum atomic E-state index is 14.2. The lowest BCUT2D eigenvalue weighted by molar-refractivity contribution is -0.120. The first kappa shape index (κ1) is 24.0. The number of hydrogen-bond donors (Lipinski definition) is 1. The van der Waals surface area contributed by atoms with E-state index >= 15 is 0 Å². The molecule has 2 aromatic carbocycles. The van der Waals surface area contributed by atoms with Crippen LogP contribution in [0.5, 0.6) is 17.2 Å². The number of aromatic nitrogens is 1. The topological polar surface area (TPSA) is 69.7 Å². The number of hydrogen-bond acceptors (Lipinski definition) is 5. The Morgan fingerprint density at radius 3 is 2.37 bits per heavy atom. The second-order valence-electron chi connectivity index (χ2n) is 8.08. The van der Waals surface area contributed by atoms with Gasteiger partial charge in [0, 0.05) is 6.20 Å². The number of halogens is 1. The first-order chi connectivity index (χ1) is 16.9. The van der Waals surface area contributed by atoms with E-state index in [1.54, 1.807) is 33.6 Å². The van der Waals surface area contributed by atoms with Crippen LogP contribution in [-0.4, -0.2) is 32.2 Å². The molecule has 7 heteroatoms. The molecule has 1 aliphatic rings. The fourth-order valence-electron chi connectivity index (χ4n) is 4.25. The normalized spacial score (nSPS) is 13.6. The monoisotopic (exact) mass is 474 g/mol. The van der Waals surface area contributed by atoms with Crippen LogP contribution >= 0.6 is 0 Å². The molecule has 0 saturated carbocycles. The molecule has 0 saturated heterocycles. The summed E-state index contributed by atoms with van der Waals surface area (Å²) in [6.07, 6.45) is 3.79. The molecule has 0 aliphatic heterocycles. The molecule has 6 nitrogen and oxygen atoms in total. The minimum absolute atomic E-state index is 0.127. The first-order valence-electron chi connectivity index (χ1n) is 11.1. The number of methoxy groups -OCH3 is 3. The third kappa shape index (κ3) is 5.04. The number of rotatable bonds is 8. The molecule has 180 valence electrons. The Morgan fingerprint density at radius 2 is 1.74 bits per heavy atom. The Morgan fingerprint density at radius 1 is 1.00 bits per heavy atom. The Balaban J connectivity index is 1.69. The smallest absolute Gasteiger partial charge is 0.224 e. The number of allylic oxidation sites excluding steroid dienone is 2. The van der Waals surface area contributed by atoms with Crippen molar-refractivity contribution in [3.05, 3.63) is 88.5 Å². The minimum atomic E-state index is -0.350. The molecular weight excluding hydrogens is 447 g/mol. The Hall–Kier alpha value is -4.13. The van der Waals surface area contributed by atoms with Gasteiger partial charge in [-0.05, 0) is 82.8 Å². The Bertz CT molecular complexity index is 1290. The third-order valence-corrected chi connectivity index (χ3v) is 5.98. The van der Waals surface area contributed by atoms with Crippen molar-refractivity contribution in [1.29, 1.82) is 0 Å². The molecule has 1 N–H and O–H groups in total. The van der Waals surface area contributed by atoms with Gasteiger partial charge in [-0.25, -0.2) is 4.39 Å². The average molecular weight is 475 g/mol. The van der Waals surface area contributed by atoms with Crippen molar-refractivity contribution in [2.45, 2.75) is 19.9 Å². The van der Waals surface area contributed by atoms with E-state index in [-0.39, 0.29) is 18.1 Å². The second-order valence-corrected chi connectivity index (χ2v) is 8.08. The molecule has 0 atom stereocenters. The van der Waals surface area contributed by atoms with Crippen LogP contribution in [0.3, 0.4) is 0 Å². The number of pyridine rings is 1. The van der Waals surface area contributed by atoms with Gasteiger partial charge in [0.15, 0.2) is 11.5 Å². The lowest BCUT2D eigenvalue weighted by Crippen LogP contribution is -2.23. The highest BCUT2D eigenvalue weighted by Gasteiger charge is 2.26. The summed E-state index contributed by atoms with van der Waals surface area (Å²) in [7, 11) is 4.68. The second kappa shape index (κ2) is 10.4. The standard InChI is InChI=1S/C28H27FN2O4/c1-17-22(11-18-12-25(33-2)28(35-4)26(13-18)34-3)21-9-8-19(29)14-24(21)23(17)15-27(32)31-16-20-7-5-6-10-30-20/h5-14H,15-16H2,1-4H3,(H,31,32)/b22-11-. The molecule has 1 aromatic heterocycles. The summed E-state index contributed by atoms with van der Waals surface area (Å²) in [5, 5.41) is 2.90. The molecule has 4 rings (SSSR count). The van der Waals surface area contributed by atoms with Crippen LogP contribution in [0, 0.1) is 5.82 Å². The number of nitrogens with zero attached hydrogens (tertiary/aromatic N) is 1. The van der Waals surface area contributed by atoms with Crippen LogP contribution in [0.25, 0.3) is 17.2 Å². The SMILES string of the molecule is COc1cc(/C=C2/C(C)=C(CC(=O)NCc3ccccn3)c3cc(F)ccc32)cc(OC)c1OC. The van der Waals surface area contributed by atoms with Crippen LogP contribution in [0.15, 0.2) is 60.3 Å². The van der Waals surface area contributed by atoms with E-state index in [0.29, 0.717) is 29.4 Å². The first-order valence-corrected chi connectivity index (χ1v) is 11.1. The number of carbonyl (C=O) groups excluding carboxylic acids is 1. The van der Waals surface area contributed by atoms with Gasteiger partial charge < -0.3 is 19.5 Å². The van der Waals surface area contributed by atoms with Gasteiger partial charge in [0.05, 0.1) is 40.0 Å². The van der Waals surface area contributed by atoms with Gasteiger partial charge >= 0.3 is 0 Å². The van der Waals surface area contributed by atoms with Crippen molar-refractivity contribution in [2.75, 3.05) is 21.3 Å². The zero-order chi connectivity index (χ0) is 24.9. The lowest BCUT2D eigenvalue weighted by atomic mass is 10.00. The number of benzene rings is 2. The molecule has 0 fully saturated rings. The largest absolute Gasteiger partial charge is 0.493 e. The zero-order valence-electron chi connectivity index (χ0n) is 20.1. The number of carbonyl (C=O) groups is 1. The summed E-state index contributed by atoms with van der Waals surface area (Å²) in [4.78, 5) is 17.0. The predicted molar refractivity (Wildman–Crippen MR) is 134 cm³/mol. The van der Waals surface area contributed by atoms with Crippen LogP contribution in [0.4, 0.5) is 4.39 Å². The minimum Gasteiger partial charge on any atom is -0.493 e. The summed E-state index contributed by atoms with van der Waals surface area (Å²) < 4.78 is 30.6. The van der Waals surface area contributed by atoms with Crippen LogP contribution in [0.1, 0.15) is 35.7 Å². The van der Waals surface area contributed by atoms with Crippen molar-refractivity contribution < 1.29 is 23.4 Å². The fraction of sp³-hybridized carbons (Fsp3) is 0.214. The molecule has 3 aromatic rings. The highest BCUT2D eigenvalue weighted by molar-refractivity contribution is 6.08. The fourth-order valence-corrected chi connectivity index (χ4v) is 4.25. The average Bonchev–Trinajstić information content (AvgIpc) is 3.12.